The summed E-state index contributed by atoms with van der Waals surface area (Å²) in [6.45, 7) is 0. The molecule has 2 heterocycles. The van der Waals surface area contributed by atoms with Crippen molar-refractivity contribution in [1.82, 2.24) is 10.4 Å². The number of amides is 1. The molecule has 152 valence electrons. The smallest absolute Gasteiger partial charge is 0.305 e. The minimum atomic E-state index is -0.661. The van der Waals surface area contributed by atoms with Crippen LogP contribution in [-0.4, -0.2) is 23.8 Å². The van der Waals surface area contributed by atoms with Crippen LogP contribution in [0.1, 0.15) is 41.3 Å². The Morgan fingerprint density at radius 3 is 2.80 bits per heavy atom. The van der Waals surface area contributed by atoms with Gasteiger partial charge in [-0.2, -0.15) is 5.26 Å². The van der Waals surface area contributed by atoms with Crippen molar-refractivity contribution in [1.29, 1.82) is 5.26 Å². The van der Waals surface area contributed by atoms with Crippen molar-refractivity contribution in [2.45, 2.75) is 25.2 Å². The third-order valence-electron chi connectivity index (χ3n) is 5.32. The molecule has 0 bridgehead atoms. The second-order valence-electron chi connectivity index (χ2n) is 6.98. The number of hydrogen-bond acceptors (Lipinski definition) is 7. The number of benzene rings is 1. The van der Waals surface area contributed by atoms with Crippen molar-refractivity contribution in [3.8, 4) is 11.8 Å². The third kappa shape index (κ3) is 3.10. The van der Waals surface area contributed by atoms with E-state index >= 15 is 0 Å². The van der Waals surface area contributed by atoms with E-state index < -0.39 is 11.8 Å². The number of nitrogens with two attached hydrogens (primary N) is 1. The largest absolute Gasteiger partial charge is 0.496 e. The normalized spacial score (nSPS) is 18.7. The number of allylic oxidation sites excluding steroid dienone is 3. The Balaban J connectivity index is 1.86. The molecule has 1 amide bonds. The first kappa shape index (κ1) is 19.3. The number of nitrogens with one attached hydrogen (secondary N) is 1. The molecule has 0 saturated carbocycles. The van der Waals surface area contributed by atoms with Crippen LogP contribution in [0, 0.1) is 11.3 Å². The maximum Gasteiger partial charge on any atom is 0.305 e. The average Bonchev–Trinajstić information content (AvgIpc) is 3.30. The van der Waals surface area contributed by atoms with Gasteiger partial charge < -0.3 is 14.9 Å². The standard InChI is InChI=1S/C22H20N4O4/c1-29-17-9-3-2-6-13(17)19-14(12-23)21(24)26(15-7-4-8-16(27)20(15)19)25-22(28)18-10-5-11-30-18/h2-3,5-6,9-11,19H,4,7-8,24H2,1H3,(H,25,28). The molecule has 1 aliphatic carbocycles. The SMILES string of the molecule is COc1ccccc1C1C(C#N)=C(N)N(NC(=O)c2ccco2)C2=C1C(=O)CCC2. The zero-order valence-corrected chi connectivity index (χ0v) is 16.3. The number of hydrazine groups is 1. The molecule has 8 heteroatoms. The highest BCUT2D eigenvalue weighted by atomic mass is 16.5. The highest BCUT2D eigenvalue weighted by molar-refractivity contribution is 6.00. The maximum atomic E-state index is 13.0. The van der Waals surface area contributed by atoms with E-state index in [1.807, 2.05) is 18.2 Å². The molecule has 0 radical (unpaired) electrons. The first-order valence-electron chi connectivity index (χ1n) is 9.50. The summed E-state index contributed by atoms with van der Waals surface area (Å²) in [7, 11) is 1.54. The zero-order chi connectivity index (χ0) is 21.3. The molecule has 30 heavy (non-hydrogen) atoms. The topological polar surface area (TPSA) is 122 Å². The average molecular weight is 404 g/mol. The lowest BCUT2D eigenvalue weighted by Gasteiger charge is -2.39. The highest BCUT2D eigenvalue weighted by Gasteiger charge is 2.41. The van der Waals surface area contributed by atoms with Gasteiger partial charge in [-0.15, -0.1) is 0 Å². The van der Waals surface area contributed by atoms with Crippen LogP contribution in [0.15, 0.2) is 69.7 Å². The number of ketones is 1. The minimum Gasteiger partial charge on any atom is -0.496 e. The number of carbonyl (C=O) groups is 2. The number of methoxy groups -OCH3 is 1. The molecule has 0 saturated heterocycles. The van der Waals surface area contributed by atoms with Gasteiger partial charge in [-0.3, -0.25) is 15.0 Å². The van der Waals surface area contributed by atoms with Crippen LogP contribution in [0.2, 0.25) is 0 Å². The second kappa shape index (κ2) is 7.79. The first-order valence-corrected chi connectivity index (χ1v) is 9.50. The van der Waals surface area contributed by atoms with E-state index in [0.29, 0.717) is 41.8 Å². The Hall–Kier alpha value is -3.99. The van der Waals surface area contributed by atoms with E-state index in [1.54, 1.807) is 12.1 Å². The number of Topliss-reactive ketones (excluding diaryl/α,β-unsaturated/α-hetero) is 1. The summed E-state index contributed by atoms with van der Waals surface area (Å²) < 4.78 is 10.6. The Bertz CT molecular complexity index is 1110. The molecule has 0 fully saturated rings. The van der Waals surface area contributed by atoms with E-state index in [0.717, 1.165) is 0 Å². The van der Waals surface area contributed by atoms with E-state index in [-0.39, 0.29) is 22.9 Å². The minimum absolute atomic E-state index is 0.0711. The Kier molecular flexibility index (Phi) is 5.02. The Labute approximate surface area is 173 Å². The monoisotopic (exact) mass is 404 g/mol. The summed E-state index contributed by atoms with van der Waals surface area (Å²) in [5, 5.41) is 11.3. The summed E-state index contributed by atoms with van der Waals surface area (Å²) in [4.78, 5) is 25.6. The molecule has 1 aliphatic heterocycles. The van der Waals surface area contributed by atoms with Gasteiger partial charge in [0.05, 0.1) is 30.9 Å². The van der Waals surface area contributed by atoms with Crippen molar-refractivity contribution in [2.24, 2.45) is 5.73 Å². The summed E-state index contributed by atoms with van der Waals surface area (Å²) >= 11 is 0. The zero-order valence-electron chi connectivity index (χ0n) is 16.3. The lowest BCUT2D eigenvalue weighted by molar-refractivity contribution is -0.116. The van der Waals surface area contributed by atoms with E-state index in [1.165, 1.54) is 24.4 Å². The lowest BCUT2D eigenvalue weighted by Crippen LogP contribution is -2.48. The van der Waals surface area contributed by atoms with Gasteiger partial charge in [0, 0.05) is 23.3 Å². The molecular weight excluding hydrogens is 384 g/mol. The highest BCUT2D eigenvalue weighted by Crippen LogP contribution is 2.46. The van der Waals surface area contributed by atoms with Crippen molar-refractivity contribution in [3.05, 3.63) is 76.6 Å². The van der Waals surface area contributed by atoms with Gasteiger partial charge in [0.1, 0.15) is 11.6 Å². The molecule has 8 nitrogen and oxygen atoms in total. The molecule has 0 spiro atoms. The molecule has 3 N–H and O–H groups in total. The fourth-order valence-electron chi connectivity index (χ4n) is 3.99. The van der Waals surface area contributed by atoms with Crippen LogP contribution in [0.4, 0.5) is 0 Å². The number of hydrogen-bond donors (Lipinski definition) is 2. The maximum absolute atomic E-state index is 13.0. The molecule has 2 aliphatic rings. The molecule has 1 aromatic carbocycles. The third-order valence-corrected chi connectivity index (χ3v) is 5.32. The van der Waals surface area contributed by atoms with E-state index in [2.05, 4.69) is 11.5 Å². The van der Waals surface area contributed by atoms with Gasteiger partial charge in [0.15, 0.2) is 11.5 Å². The van der Waals surface area contributed by atoms with E-state index in [4.69, 9.17) is 14.9 Å². The molecule has 1 atom stereocenters. The van der Waals surface area contributed by atoms with E-state index in [9.17, 15) is 14.9 Å². The van der Waals surface area contributed by atoms with Gasteiger partial charge in [0.2, 0.25) is 0 Å². The van der Waals surface area contributed by atoms with Crippen LogP contribution in [0.25, 0.3) is 0 Å². The van der Waals surface area contributed by atoms with Crippen molar-refractivity contribution in [2.75, 3.05) is 7.11 Å². The molecule has 4 rings (SSSR count). The number of para-hydroxylation sites is 1. The number of nitriles is 1. The predicted molar refractivity (Wildman–Crippen MR) is 106 cm³/mol. The summed E-state index contributed by atoms with van der Waals surface area (Å²) in [6, 6.07) is 12.5. The quantitative estimate of drug-likeness (QED) is 0.803. The number of furan rings is 1. The lowest BCUT2D eigenvalue weighted by atomic mass is 9.76. The van der Waals surface area contributed by atoms with Gasteiger partial charge in [-0.25, -0.2) is 5.01 Å². The Morgan fingerprint density at radius 1 is 1.30 bits per heavy atom. The van der Waals surface area contributed by atoms with Crippen LogP contribution in [0.3, 0.4) is 0 Å². The van der Waals surface area contributed by atoms with Crippen LogP contribution in [-0.2, 0) is 4.79 Å². The van der Waals surface area contributed by atoms with Crippen molar-refractivity contribution in [3.63, 3.8) is 0 Å². The molecular formula is C22H20N4O4. The van der Waals surface area contributed by atoms with Crippen LogP contribution < -0.4 is 15.9 Å². The van der Waals surface area contributed by atoms with Crippen molar-refractivity contribution >= 4 is 11.7 Å². The fraction of sp³-hybridized carbons (Fsp3) is 0.227. The number of rotatable bonds is 4. The van der Waals surface area contributed by atoms with Gasteiger partial charge in [-0.05, 0) is 31.0 Å². The summed E-state index contributed by atoms with van der Waals surface area (Å²) in [6.07, 6.45) is 2.91. The first-order chi connectivity index (χ1) is 14.6. The number of carbonyl (C=O) groups excluding carboxylic acids is 2. The van der Waals surface area contributed by atoms with Crippen LogP contribution >= 0.6 is 0 Å². The van der Waals surface area contributed by atoms with Gasteiger partial charge >= 0.3 is 5.91 Å². The second-order valence-corrected chi connectivity index (χ2v) is 6.98. The Morgan fingerprint density at radius 2 is 2.10 bits per heavy atom. The van der Waals surface area contributed by atoms with Gasteiger partial charge in [0.25, 0.3) is 0 Å². The molecule has 1 aromatic heterocycles. The predicted octanol–water partition coefficient (Wildman–Crippen LogP) is 2.73. The number of ether oxygens (including phenoxy) is 1. The fourth-order valence-corrected chi connectivity index (χ4v) is 3.99. The van der Waals surface area contributed by atoms with Crippen LogP contribution in [0.5, 0.6) is 5.75 Å². The van der Waals surface area contributed by atoms with Gasteiger partial charge in [-0.1, -0.05) is 18.2 Å². The number of nitrogens with zero attached hydrogens (tertiary/aromatic N) is 2. The summed E-state index contributed by atoms with van der Waals surface area (Å²) in [5.74, 6) is -0.545. The van der Waals surface area contributed by atoms with Crippen molar-refractivity contribution < 1.29 is 18.7 Å². The summed E-state index contributed by atoms with van der Waals surface area (Å²) in [5.41, 5.74) is 10.9. The molecule has 1 unspecified atom stereocenters. The molecule has 2 aromatic rings.